The van der Waals surface area contributed by atoms with Gasteiger partial charge < -0.3 is 10.1 Å². The lowest BCUT2D eigenvalue weighted by Gasteiger charge is -2.02. The van der Waals surface area contributed by atoms with Gasteiger partial charge in [-0.05, 0) is 11.6 Å². The second-order valence-corrected chi connectivity index (χ2v) is 3.84. The molecule has 0 aliphatic heterocycles. The molecule has 0 aliphatic carbocycles. The van der Waals surface area contributed by atoms with Gasteiger partial charge in [0, 0.05) is 24.9 Å². The van der Waals surface area contributed by atoms with Gasteiger partial charge in [-0.1, -0.05) is 6.07 Å². The molecule has 0 saturated carbocycles. The number of hydrogen-bond donors (Lipinski definition) is 1. The maximum atomic E-state index is 5.00. The molecule has 2 aromatic rings. The topological polar surface area (TPSA) is 47.0 Å². The van der Waals surface area contributed by atoms with Crippen molar-refractivity contribution in [3.05, 3.63) is 35.5 Å². The van der Waals surface area contributed by atoms with Crippen molar-refractivity contribution >= 4 is 22.3 Å². The number of anilines is 2. The molecular formula is C10H11N3OS. The van der Waals surface area contributed by atoms with E-state index in [1.54, 1.807) is 30.8 Å². The molecule has 1 N–H and O–H groups in total. The lowest BCUT2D eigenvalue weighted by Crippen LogP contribution is -1.94. The third-order valence-electron chi connectivity index (χ3n) is 1.80. The third kappa shape index (κ3) is 2.74. The molecule has 5 heteroatoms. The molecule has 0 saturated heterocycles. The summed E-state index contributed by atoms with van der Waals surface area (Å²) in [7, 11) is 1.67. The van der Waals surface area contributed by atoms with Crippen molar-refractivity contribution in [1.82, 2.24) is 9.97 Å². The first-order valence-corrected chi connectivity index (χ1v) is 5.37. The minimum Gasteiger partial charge on any atom is -0.380 e. The SMILES string of the molecule is COCc1ccc(Nc2nccs2)nc1. The smallest absolute Gasteiger partial charge is 0.188 e. The third-order valence-corrected chi connectivity index (χ3v) is 2.49. The Labute approximate surface area is 92.0 Å². The Bertz CT molecular complexity index is 399. The maximum Gasteiger partial charge on any atom is 0.188 e. The van der Waals surface area contributed by atoms with Crippen molar-refractivity contribution in [3.8, 4) is 0 Å². The van der Waals surface area contributed by atoms with Crippen molar-refractivity contribution in [1.29, 1.82) is 0 Å². The number of pyridine rings is 1. The fourth-order valence-corrected chi connectivity index (χ4v) is 1.68. The van der Waals surface area contributed by atoms with Gasteiger partial charge in [0.25, 0.3) is 0 Å². The van der Waals surface area contributed by atoms with Crippen LogP contribution in [0.2, 0.25) is 0 Å². The number of nitrogens with one attached hydrogen (secondary N) is 1. The van der Waals surface area contributed by atoms with Crippen LogP contribution in [0, 0.1) is 0 Å². The van der Waals surface area contributed by atoms with Crippen LogP contribution in [0.3, 0.4) is 0 Å². The summed E-state index contributed by atoms with van der Waals surface area (Å²) in [4.78, 5) is 8.36. The highest BCUT2D eigenvalue weighted by Gasteiger charge is 1.98. The van der Waals surface area contributed by atoms with Gasteiger partial charge >= 0.3 is 0 Å². The number of nitrogens with zero attached hydrogens (tertiary/aromatic N) is 2. The van der Waals surface area contributed by atoms with E-state index < -0.39 is 0 Å². The Kier molecular flexibility index (Phi) is 3.26. The summed E-state index contributed by atoms with van der Waals surface area (Å²) in [5.74, 6) is 0.796. The maximum absolute atomic E-state index is 5.00. The van der Waals surface area contributed by atoms with E-state index in [2.05, 4.69) is 15.3 Å². The molecule has 4 nitrogen and oxygen atoms in total. The molecular weight excluding hydrogens is 210 g/mol. The van der Waals surface area contributed by atoms with Crippen molar-refractivity contribution in [2.75, 3.05) is 12.4 Å². The molecule has 0 unspecified atom stereocenters. The Balaban J connectivity index is 2.04. The molecule has 2 heterocycles. The van der Waals surface area contributed by atoms with Gasteiger partial charge in [0.2, 0.25) is 0 Å². The van der Waals surface area contributed by atoms with Crippen LogP contribution in [0.15, 0.2) is 29.9 Å². The second kappa shape index (κ2) is 4.86. The highest BCUT2D eigenvalue weighted by atomic mass is 32.1. The first-order chi connectivity index (χ1) is 7.38. The fraction of sp³-hybridized carbons (Fsp3) is 0.200. The zero-order valence-electron chi connectivity index (χ0n) is 8.30. The average Bonchev–Trinajstić information content (AvgIpc) is 2.74. The normalized spacial score (nSPS) is 10.2. The van der Waals surface area contributed by atoms with Gasteiger partial charge in [-0.25, -0.2) is 9.97 Å². The predicted molar refractivity (Wildman–Crippen MR) is 60.3 cm³/mol. The van der Waals surface area contributed by atoms with Gasteiger partial charge in [-0.15, -0.1) is 11.3 Å². The predicted octanol–water partition coefficient (Wildman–Crippen LogP) is 2.43. The van der Waals surface area contributed by atoms with E-state index in [-0.39, 0.29) is 0 Å². The fourth-order valence-electron chi connectivity index (χ4n) is 1.15. The molecule has 0 bridgehead atoms. The number of rotatable bonds is 4. The van der Waals surface area contributed by atoms with Gasteiger partial charge in [0.15, 0.2) is 5.13 Å². The lowest BCUT2D eigenvalue weighted by atomic mass is 10.3. The van der Waals surface area contributed by atoms with Gasteiger partial charge in [0.1, 0.15) is 5.82 Å². The summed E-state index contributed by atoms with van der Waals surface area (Å²) in [5, 5.41) is 5.88. The van der Waals surface area contributed by atoms with Crippen LogP contribution < -0.4 is 5.32 Å². The molecule has 0 atom stereocenters. The van der Waals surface area contributed by atoms with Crippen LogP contribution in [-0.2, 0) is 11.3 Å². The largest absolute Gasteiger partial charge is 0.380 e. The molecule has 2 aromatic heterocycles. The molecule has 0 aliphatic rings. The van der Waals surface area contributed by atoms with Gasteiger partial charge in [-0.2, -0.15) is 0 Å². The van der Waals surface area contributed by atoms with Crippen molar-refractivity contribution in [2.24, 2.45) is 0 Å². The van der Waals surface area contributed by atoms with E-state index >= 15 is 0 Å². The first kappa shape index (κ1) is 10.1. The highest BCUT2D eigenvalue weighted by molar-refractivity contribution is 7.13. The number of ether oxygens (including phenoxy) is 1. The lowest BCUT2D eigenvalue weighted by molar-refractivity contribution is 0.184. The molecule has 0 spiro atoms. The summed E-state index contributed by atoms with van der Waals surface area (Å²) in [6.45, 7) is 0.588. The van der Waals surface area contributed by atoms with E-state index in [1.165, 1.54) is 0 Å². The van der Waals surface area contributed by atoms with Crippen molar-refractivity contribution in [3.63, 3.8) is 0 Å². The molecule has 0 aromatic carbocycles. The standard InChI is InChI=1S/C10H11N3OS/c1-14-7-8-2-3-9(12-6-8)13-10-11-4-5-15-10/h2-6H,7H2,1H3,(H,11,12,13). The Morgan fingerprint density at radius 3 is 2.93 bits per heavy atom. The summed E-state index contributed by atoms with van der Waals surface area (Å²) < 4.78 is 5.00. The van der Waals surface area contributed by atoms with Crippen LogP contribution in [0.1, 0.15) is 5.56 Å². The number of thiazole rings is 1. The first-order valence-electron chi connectivity index (χ1n) is 4.49. The van der Waals surface area contributed by atoms with Crippen LogP contribution in [0.25, 0.3) is 0 Å². The van der Waals surface area contributed by atoms with E-state index in [0.29, 0.717) is 6.61 Å². The Morgan fingerprint density at radius 1 is 1.40 bits per heavy atom. The minimum absolute atomic E-state index is 0.588. The highest BCUT2D eigenvalue weighted by Crippen LogP contribution is 2.16. The zero-order valence-corrected chi connectivity index (χ0v) is 9.12. The Morgan fingerprint density at radius 2 is 2.33 bits per heavy atom. The quantitative estimate of drug-likeness (QED) is 0.861. The van der Waals surface area contributed by atoms with E-state index in [9.17, 15) is 0 Å². The van der Waals surface area contributed by atoms with Gasteiger partial charge in [-0.3, -0.25) is 0 Å². The number of methoxy groups -OCH3 is 1. The summed E-state index contributed by atoms with van der Waals surface area (Å²) in [6, 6.07) is 3.89. The molecule has 78 valence electrons. The molecule has 0 radical (unpaired) electrons. The van der Waals surface area contributed by atoms with E-state index in [4.69, 9.17) is 4.74 Å². The average molecular weight is 221 g/mol. The number of hydrogen-bond acceptors (Lipinski definition) is 5. The molecule has 0 fully saturated rings. The van der Waals surface area contributed by atoms with Crippen molar-refractivity contribution in [2.45, 2.75) is 6.61 Å². The molecule has 2 rings (SSSR count). The van der Waals surface area contributed by atoms with Crippen LogP contribution in [-0.4, -0.2) is 17.1 Å². The second-order valence-electron chi connectivity index (χ2n) is 2.95. The summed E-state index contributed by atoms with van der Waals surface area (Å²) in [5.41, 5.74) is 1.06. The summed E-state index contributed by atoms with van der Waals surface area (Å²) in [6.07, 6.45) is 3.55. The van der Waals surface area contributed by atoms with Crippen LogP contribution >= 0.6 is 11.3 Å². The summed E-state index contributed by atoms with van der Waals surface area (Å²) >= 11 is 1.55. The zero-order chi connectivity index (χ0) is 10.5. The van der Waals surface area contributed by atoms with E-state index in [0.717, 1.165) is 16.5 Å². The Hall–Kier alpha value is -1.46. The van der Waals surface area contributed by atoms with E-state index in [1.807, 2.05) is 17.5 Å². The van der Waals surface area contributed by atoms with Gasteiger partial charge in [0.05, 0.1) is 6.61 Å². The van der Waals surface area contributed by atoms with Crippen LogP contribution in [0.4, 0.5) is 10.9 Å². The van der Waals surface area contributed by atoms with Crippen molar-refractivity contribution < 1.29 is 4.74 Å². The minimum atomic E-state index is 0.588. The van der Waals surface area contributed by atoms with Crippen LogP contribution in [0.5, 0.6) is 0 Å². The molecule has 0 amide bonds. The number of aromatic nitrogens is 2. The molecule has 15 heavy (non-hydrogen) atoms. The monoisotopic (exact) mass is 221 g/mol.